The zero-order valence-corrected chi connectivity index (χ0v) is 22.5. The predicted molar refractivity (Wildman–Crippen MR) is 147 cm³/mol. The number of aromatic nitrogens is 4. The SMILES string of the molecule is O=C(c1cccc2[nH]c(=O)ccc12)N1CCC2(CC1)CC(n1cc(C34CC5CC(CC(C5)C3)C4)nn1)CCO2. The molecule has 4 heterocycles. The highest BCUT2D eigenvalue weighted by Gasteiger charge is 2.53. The van der Waals surface area contributed by atoms with Crippen LogP contribution in [0, 0.1) is 17.8 Å². The molecule has 4 bridgehead atoms. The number of carbonyl (C=O) groups is 1. The maximum atomic E-state index is 13.5. The lowest BCUT2D eigenvalue weighted by atomic mass is 9.49. The normalized spacial score (nSPS) is 33.2. The van der Waals surface area contributed by atoms with E-state index in [1.165, 1.54) is 50.3 Å². The van der Waals surface area contributed by atoms with Gasteiger partial charge in [0.1, 0.15) is 0 Å². The van der Waals surface area contributed by atoms with Gasteiger partial charge in [-0.05, 0) is 100 Å². The Hall–Kier alpha value is -3.00. The fourth-order valence-corrected chi connectivity index (χ4v) is 9.36. The third kappa shape index (κ3) is 3.97. The van der Waals surface area contributed by atoms with Crippen LogP contribution in [-0.2, 0) is 10.2 Å². The number of hydrogen-bond acceptors (Lipinski definition) is 5. The van der Waals surface area contributed by atoms with Crippen molar-refractivity contribution in [3.63, 3.8) is 0 Å². The van der Waals surface area contributed by atoms with Crippen LogP contribution in [0.1, 0.15) is 86.3 Å². The predicted octanol–water partition coefficient (Wildman–Crippen LogP) is 4.61. The molecular formula is C31H37N5O3. The topological polar surface area (TPSA) is 93.1 Å². The number of amides is 1. The third-order valence-corrected chi connectivity index (χ3v) is 10.9. The number of nitrogens with zero attached hydrogens (tertiary/aromatic N) is 4. The molecule has 4 saturated carbocycles. The molecule has 4 aliphatic carbocycles. The van der Waals surface area contributed by atoms with E-state index >= 15 is 0 Å². The minimum absolute atomic E-state index is 0.0198. The summed E-state index contributed by atoms with van der Waals surface area (Å²) in [5.74, 6) is 2.72. The Morgan fingerprint density at radius 2 is 1.72 bits per heavy atom. The van der Waals surface area contributed by atoms with Crippen LogP contribution in [0.2, 0.25) is 0 Å². The fourth-order valence-electron chi connectivity index (χ4n) is 9.36. The van der Waals surface area contributed by atoms with Crippen molar-refractivity contribution in [3.05, 3.63) is 58.1 Å². The van der Waals surface area contributed by atoms with Crippen molar-refractivity contribution in [3.8, 4) is 0 Å². The number of nitrogens with one attached hydrogen (secondary N) is 1. The van der Waals surface area contributed by atoms with Crippen molar-refractivity contribution in [2.45, 2.75) is 81.3 Å². The van der Waals surface area contributed by atoms with Crippen molar-refractivity contribution < 1.29 is 9.53 Å². The maximum Gasteiger partial charge on any atom is 0.254 e. The van der Waals surface area contributed by atoms with Crippen LogP contribution < -0.4 is 5.56 Å². The highest BCUT2D eigenvalue weighted by molar-refractivity contribution is 6.06. The molecule has 1 N–H and O–H groups in total. The molecule has 0 radical (unpaired) electrons. The molecule has 9 rings (SSSR count). The van der Waals surface area contributed by atoms with E-state index in [0.717, 1.165) is 55.4 Å². The number of benzene rings is 1. The summed E-state index contributed by atoms with van der Waals surface area (Å²) in [6.45, 7) is 2.06. The zero-order valence-electron chi connectivity index (χ0n) is 22.5. The molecule has 8 heteroatoms. The number of H-pyrrole nitrogens is 1. The van der Waals surface area contributed by atoms with Gasteiger partial charge in [-0.3, -0.25) is 9.59 Å². The highest BCUT2D eigenvalue weighted by atomic mass is 16.5. The Balaban J connectivity index is 0.965. The molecule has 2 aromatic heterocycles. The van der Waals surface area contributed by atoms with E-state index in [4.69, 9.17) is 15.0 Å². The molecule has 1 aromatic carbocycles. The third-order valence-electron chi connectivity index (χ3n) is 10.9. The van der Waals surface area contributed by atoms with Crippen molar-refractivity contribution in [2.24, 2.45) is 17.8 Å². The lowest BCUT2D eigenvalue weighted by molar-refractivity contribution is -0.122. The van der Waals surface area contributed by atoms with Gasteiger partial charge in [-0.1, -0.05) is 11.3 Å². The summed E-state index contributed by atoms with van der Waals surface area (Å²) in [6, 6.07) is 9.06. The van der Waals surface area contributed by atoms with E-state index in [1.54, 1.807) is 6.07 Å². The van der Waals surface area contributed by atoms with E-state index in [1.807, 2.05) is 23.1 Å². The first-order chi connectivity index (χ1) is 19.0. The van der Waals surface area contributed by atoms with Gasteiger partial charge in [0.05, 0.1) is 17.3 Å². The molecule has 2 saturated heterocycles. The molecule has 6 fully saturated rings. The molecule has 204 valence electrons. The first kappa shape index (κ1) is 23.9. The number of fused-ring (bicyclic) bond motifs is 1. The Bertz CT molecular complexity index is 1450. The molecule has 1 spiro atoms. The standard InChI is InChI=1S/C31H37N5O3/c37-28-5-4-24-25(2-1-3-26(24)32-28)29(38)35-9-7-31(8-10-35)18-23(6-11-39-31)36-19-27(33-34-36)30-15-20-12-21(16-30)14-22(13-20)17-30/h1-5,19-23H,6-18H2,(H,32,37). The summed E-state index contributed by atoms with van der Waals surface area (Å²) in [5, 5.41) is 10.3. The van der Waals surface area contributed by atoms with Gasteiger partial charge in [0.15, 0.2) is 0 Å². The van der Waals surface area contributed by atoms with Crippen LogP contribution in [-0.4, -0.2) is 56.1 Å². The lowest BCUT2D eigenvalue weighted by Gasteiger charge is -2.56. The summed E-state index contributed by atoms with van der Waals surface area (Å²) in [7, 11) is 0. The molecule has 8 nitrogen and oxygen atoms in total. The van der Waals surface area contributed by atoms with Gasteiger partial charge < -0.3 is 14.6 Å². The summed E-state index contributed by atoms with van der Waals surface area (Å²) in [5.41, 5.74) is 2.49. The number of carbonyl (C=O) groups excluding carboxylic acids is 1. The van der Waals surface area contributed by atoms with E-state index < -0.39 is 0 Å². The van der Waals surface area contributed by atoms with Gasteiger partial charge in [-0.25, -0.2) is 4.68 Å². The minimum atomic E-state index is -0.212. The van der Waals surface area contributed by atoms with Crippen molar-refractivity contribution in [1.29, 1.82) is 0 Å². The number of hydrogen-bond donors (Lipinski definition) is 1. The Morgan fingerprint density at radius 1 is 0.974 bits per heavy atom. The molecule has 1 amide bonds. The minimum Gasteiger partial charge on any atom is -0.375 e. The van der Waals surface area contributed by atoms with Gasteiger partial charge >= 0.3 is 0 Å². The zero-order chi connectivity index (χ0) is 26.2. The smallest absolute Gasteiger partial charge is 0.254 e. The van der Waals surface area contributed by atoms with E-state index in [9.17, 15) is 9.59 Å². The Labute approximate surface area is 228 Å². The van der Waals surface area contributed by atoms with Crippen molar-refractivity contribution >= 4 is 16.8 Å². The van der Waals surface area contributed by atoms with Crippen molar-refractivity contribution in [2.75, 3.05) is 19.7 Å². The van der Waals surface area contributed by atoms with Gasteiger partial charge in [-0.15, -0.1) is 5.10 Å². The second kappa shape index (κ2) is 8.75. The van der Waals surface area contributed by atoms with Gasteiger partial charge in [-0.2, -0.15) is 0 Å². The largest absolute Gasteiger partial charge is 0.375 e. The average Bonchev–Trinajstić information content (AvgIpc) is 3.44. The Morgan fingerprint density at radius 3 is 2.46 bits per heavy atom. The molecule has 6 aliphatic rings. The Kier molecular flexibility index (Phi) is 5.35. The second-order valence-electron chi connectivity index (χ2n) is 13.3. The molecule has 39 heavy (non-hydrogen) atoms. The number of ether oxygens (including phenoxy) is 1. The number of piperidine rings is 1. The van der Waals surface area contributed by atoms with E-state index in [2.05, 4.69) is 15.9 Å². The van der Waals surface area contributed by atoms with Gasteiger partial charge in [0.25, 0.3) is 5.91 Å². The molecule has 3 aromatic rings. The molecular weight excluding hydrogens is 490 g/mol. The van der Waals surface area contributed by atoms with Crippen LogP contribution in [0.25, 0.3) is 10.9 Å². The second-order valence-corrected chi connectivity index (χ2v) is 13.3. The molecule has 1 unspecified atom stereocenters. The highest BCUT2D eigenvalue weighted by Crippen LogP contribution is 2.60. The van der Waals surface area contributed by atoms with E-state index in [-0.39, 0.29) is 22.5 Å². The van der Waals surface area contributed by atoms with Crippen molar-refractivity contribution in [1.82, 2.24) is 24.9 Å². The van der Waals surface area contributed by atoms with Crippen LogP contribution in [0.4, 0.5) is 0 Å². The van der Waals surface area contributed by atoms with E-state index in [0.29, 0.717) is 30.2 Å². The summed E-state index contributed by atoms with van der Waals surface area (Å²) in [6.07, 6.45) is 14.1. The number of aromatic amines is 1. The molecule has 1 atom stereocenters. The fraction of sp³-hybridized carbons (Fsp3) is 0.613. The van der Waals surface area contributed by atoms with Crippen LogP contribution >= 0.6 is 0 Å². The number of rotatable bonds is 3. The monoisotopic (exact) mass is 527 g/mol. The van der Waals surface area contributed by atoms with Crippen LogP contribution in [0.15, 0.2) is 41.3 Å². The van der Waals surface area contributed by atoms with Gasteiger partial charge in [0.2, 0.25) is 5.56 Å². The summed E-state index contributed by atoms with van der Waals surface area (Å²) >= 11 is 0. The van der Waals surface area contributed by atoms with Crippen LogP contribution in [0.3, 0.4) is 0 Å². The van der Waals surface area contributed by atoms with Crippen LogP contribution in [0.5, 0.6) is 0 Å². The average molecular weight is 528 g/mol. The number of pyridine rings is 1. The molecule has 2 aliphatic heterocycles. The summed E-state index contributed by atoms with van der Waals surface area (Å²) in [4.78, 5) is 30.0. The number of likely N-dealkylation sites (tertiary alicyclic amines) is 1. The quantitative estimate of drug-likeness (QED) is 0.537. The summed E-state index contributed by atoms with van der Waals surface area (Å²) < 4.78 is 8.60. The maximum absolute atomic E-state index is 13.5. The first-order valence-electron chi connectivity index (χ1n) is 15.0. The van der Waals surface area contributed by atoms with Gasteiger partial charge in [0, 0.05) is 53.8 Å². The first-order valence-corrected chi connectivity index (χ1v) is 15.0. The lowest BCUT2D eigenvalue weighted by Crippen LogP contribution is -2.51.